The van der Waals surface area contributed by atoms with Crippen molar-refractivity contribution in [1.82, 2.24) is 9.78 Å². The lowest BCUT2D eigenvalue weighted by Crippen LogP contribution is -2.12. The molecule has 2 N–H and O–H groups in total. The third-order valence-electron chi connectivity index (χ3n) is 3.26. The number of halogens is 1. The second kappa shape index (κ2) is 6.41. The lowest BCUT2D eigenvalue weighted by Gasteiger charge is -2.09. The predicted octanol–water partition coefficient (Wildman–Crippen LogP) is 3.36. The van der Waals surface area contributed by atoms with Crippen LogP contribution in [0.1, 0.15) is 29.9 Å². The summed E-state index contributed by atoms with van der Waals surface area (Å²) >= 11 is 3.43. The van der Waals surface area contributed by atoms with Gasteiger partial charge in [0.1, 0.15) is 12.4 Å². The average molecular weight is 338 g/mol. The molecule has 20 heavy (non-hydrogen) atoms. The van der Waals surface area contributed by atoms with Crippen LogP contribution in [0, 0.1) is 13.8 Å². The van der Waals surface area contributed by atoms with Crippen molar-refractivity contribution in [2.75, 3.05) is 6.61 Å². The standard InChI is InChI=1S/C15H20BrN3O/c1-10(17)15-11(2)18-19(12(15)3)7-8-20-14-6-4-5-13(16)9-14/h4-6,9-10H,7-8,17H2,1-3H3. The fourth-order valence-corrected chi connectivity index (χ4v) is 2.77. The largest absolute Gasteiger partial charge is 0.492 e. The van der Waals surface area contributed by atoms with Gasteiger partial charge in [-0.3, -0.25) is 4.68 Å². The second-order valence-electron chi connectivity index (χ2n) is 4.90. The minimum absolute atomic E-state index is 0.00903. The molecule has 108 valence electrons. The highest BCUT2D eigenvalue weighted by atomic mass is 79.9. The molecule has 0 saturated heterocycles. The van der Waals surface area contributed by atoms with E-state index < -0.39 is 0 Å². The van der Waals surface area contributed by atoms with Crippen LogP contribution in [0.15, 0.2) is 28.7 Å². The Balaban J connectivity index is 2.00. The van der Waals surface area contributed by atoms with Gasteiger partial charge in [-0.15, -0.1) is 0 Å². The molecular formula is C15H20BrN3O. The van der Waals surface area contributed by atoms with Crippen LogP contribution in [0.25, 0.3) is 0 Å². The van der Waals surface area contributed by atoms with E-state index in [0.29, 0.717) is 13.2 Å². The Morgan fingerprint density at radius 1 is 1.40 bits per heavy atom. The molecule has 1 aromatic heterocycles. The molecule has 0 fully saturated rings. The van der Waals surface area contributed by atoms with Gasteiger partial charge in [0.05, 0.1) is 12.2 Å². The number of nitrogens with zero attached hydrogens (tertiary/aromatic N) is 2. The van der Waals surface area contributed by atoms with Gasteiger partial charge in [0.25, 0.3) is 0 Å². The van der Waals surface area contributed by atoms with Gasteiger partial charge in [0, 0.05) is 21.8 Å². The molecular weight excluding hydrogens is 318 g/mol. The molecule has 0 amide bonds. The molecule has 0 radical (unpaired) electrons. The van der Waals surface area contributed by atoms with E-state index >= 15 is 0 Å². The van der Waals surface area contributed by atoms with E-state index in [1.807, 2.05) is 42.8 Å². The van der Waals surface area contributed by atoms with Gasteiger partial charge in [0.2, 0.25) is 0 Å². The van der Waals surface area contributed by atoms with Gasteiger partial charge < -0.3 is 10.5 Å². The maximum atomic E-state index is 5.98. The van der Waals surface area contributed by atoms with Crippen molar-refractivity contribution in [3.05, 3.63) is 45.7 Å². The molecule has 1 heterocycles. The van der Waals surface area contributed by atoms with E-state index in [0.717, 1.165) is 27.2 Å². The molecule has 0 aliphatic rings. The Bertz CT molecular complexity index is 593. The minimum Gasteiger partial charge on any atom is -0.492 e. The normalized spacial score (nSPS) is 12.4. The Hall–Kier alpha value is -1.33. The number of ether oxygens (including phenoxy) is 1. The SMILES string of the molecule is Cc1nn(CCOc2cccc(Br)c2)c(C)c1C(C)N. The van der Waals surface area contributed by atoms with Crippen LogP contribution in [0.4, 0.5) is 0 Å². The van der Waals surface area contributed by atoms with E-state index in [1.165, 1.54) is 0 Å². The van der Waals surface area contributed by atoms with Crippen molar-refractivity contribution in [2.24, 2.45) is 5.73 Å². The smallest absolute Gasteiger partial charge is 0.120 e. The molecule has 2 aromatic rings. The molecule has 0 aliphatic heterocycles. The van der Waals surface area contributed by atoms with Crippen LogP contribution in [-0.2, 0) is 6.54 Å². The number of aromatic nitrogens is 2. The second-order valence-corrected chi connectivity index (χ2v) is 5.82. The molecule has 0 aliphatic carbocycles. The monoisotopic (exact) mass is 337 g/mol. The lowest BCUT2D eigenvalue weighted by atomic mass is 10.1. The highest BCUT2D eigenvalue weighted by molar-refractivity contribution is 9.10. The quantitative estimate of drug-likeness (QED) is 0.909. The predicted molar refractivity (Wildman–Crippen MR) is 83.9 cm³/mol. The number of hydrogen-bond donors (Lipinski definition) is 1. The molecule has 4 nitrogen and oxygen atoms in total. The lowest BCUT2D eigenvalue weighted by molar-refractivity contribution is 0.289. The van der Waals surface area contributed by atoms with Gasteiger partial charge in [-0.05, 0) is 39.0 Å². The van der Waals surface area contributed by atoms with E-state index in [1.54, 1.807) is 0 Å². The zero-order valence-corrected chi connectivity index (χ0v) is 13.6. The summed E-state index contributed by atoms with van der Waals surface area (Å²) in [6, 6.07) is 7.84. The summed E-state index contributed by atoms with van der Waals surface area (Å²) < 4.78 is 8.71. The van der Waals surface area contributed by atoms with Crippen molar-refractivity contribution < 1.29 is 4.74 Å². The highest BCUT2D eigenvalue weighted by Gasteiger charge is 2.14. The maximum Gasteiger partial charge on any atom is 0.120 e. The fraction of sp³-hybridized carbons (Fsp3) is 0.400. The van der Waals surface area contributed by atoms with E-state index in [4.69, 9.17) is 10.5 Å². The van der Waals surface area contributed by atoms with Gasteiger partial charge >= 0.3 is 0 Å². The third-order valence-corrected chi connectivity index (χ3v) is 3.75. The van der Waals surface area contributed by atoms with Crippen molar-refractivity contribution in [2.45, 2.75) is 33.4 Å². The summed E-state index contributed by atoms with van der Waals surface area (Å²) in [5.41, 5.74) is 9.23. The highest BCUT2D eigenvalue weighted by Crippen LogP contribution is 2.20. The summed E-state index contributed by atoms with van der Waals surface area (Å²) in [6.07, 6.45) is 0. The summed E-state index contributed by atoms with van der Waals surface area (Å²) in [5.74, 6) is 0.855. The van der Waals surface area contributed by atoms with Crippen molar-refractivity contribution >= 4 is 15.9 Å². The first-order valence-electron chi connectivity index (χ1n) is 6.67. The summed E-state index contributed by atoms with van der Waals surface area (Å²) in [5, 5.41) is 4.53. The van der Waals surface area contributed by atoms with Crippen LogP contribution < -0.4 is 10.5 Å². The van der Waals surface area contributed by atoms with Crippen molar-refractivity contribution in [1.29, 1.82) is 0 Å². The summed E-state index contributed by atoms with van der Waals surface area (Å²) in [7, 11) is 0. The van der Waals surface area contributed by atoms with Gasteiger partial charge in [-0.2, -0.15) is 5.10 Å². The average Bonchev–Trinajstić information content (AvgIpc) is 2.64. The van der Waals surface area contributed by atoms with E-state index in [-0.39, 0.29) is 6.04 Å². The minimum atomic E-state index is 0.00903. The molecule has 0 spiro atoms. The fourth-order valence-electron chi connectivity index (χ4n) is 2.39. The first-order valence-corrected chi connectivity index (χ1v) is 7.46. The molecule has 0 saturated carbocycles. The molecule has 5 heteroatoms. The van der Waals surface area contributed by atoms with Crippen LogP contribution in [0.5, 0.6) is 5.75 Å². The number of nitrogens with two attached hydrogens (primary N) is 1. The zero-order chi connectivity index (χ0) is 14.7. The Morgan fingerprint density at radius 2 is 2.15 bits per heavy atom. The zero-order valence-electron chi connectivity index (χ0n) is 12.1. The first-order chi connectivity index (χ1) is 9.49. The van der Waals surface area contributed by atoms with Crippen LogP contribution >= 0.6 is 15.9 Å². The van der Waals surface area contributed by atoms with Gasteiger partial charge in [-0.25, -0.2) is 0 Å². The Labute approximate surface area is 128 Å². The summed E-state index contributed by atoms with van der Waals surface area (Å²) in [6.45, 7) is 7.33. The molecule has 1 aromatic carbocycles. The molecule has 1 unspecified atom stereocenters. The number of hydrogen-bond acceptors (Lipinski definition) is 3. The molecule has 2 rings (SSSR count). The number of aryl methyl sites for hydroxylation is 1. The number of rotatable bonds is 5. The van der Waals surface area contributed by atoms with Crippen LogP contribution in [0.3, 0.4) is 0 Å². The number of benzene rings is 1. The third kappa shape index (κ3) is 3.41. The molecule has 0 bridgehead atoms. The summed E-state index contributed by atoms with van der Waals surface area (Å²) in [4.78, 5) is 0. The molecule has 1 atom stereocenters. The van der Waals surface area contributed by atoms with Crippen LogP contribution in [0.2, 0.25) is 0 Å². The van der Waals surface area contributed by atoms with Crippen LogP contribution in [-0.4, -0.2) is 16.4 Å². The van der Waals surface area contributed by atoms with E-state index in [2.05, 4.69) is 28.0 Å². The Morgan fingerprint density at radius 3 is 2.75 bits per heavy atom. The van der Waals surface area contributed by atoms with Crippen molar-refractivity contribution in [3.8, 4) is 5.75 Å². The van der Waals surface area contributed by atoms with Gasteiger partial charge in [-0.1, -0.05) is 22.0 Å². The maximum absolute atomic E-state index is 5.98. The van der Waals surface area contributed by atoms with E-state index in [9.17, 15) is 0 Å². The van der Waals surface area contributed by atoms with Gasteiger partial charge in [0.15, 0.2) is 0 Å². The first kappa shape index (κ1) is 15.1. The topological polar surface area (TPSA) is 53.1 Å². The van der Waals surface area contributed by atoms with Crippen molar-refractivity contribution in [3.63, 3.8) is 0 Å². The Kier molecular flexibility index (Phi) is 4.83.